The zero-order valence-corrected chi connectivity index (χ0v) is 16.9. The van der Waals surface area contributed by atoms with Crippen molar-refractivity contribution in [1.82, 2.24) is 0 Å². The fourth-order valence-corrected chi connectivity index (χ4v) is 3.76. The molecule has 1 unspecified atom stereocenters. The number of ketones is 1. The number of carbonyl (C=O) groups is 2. The SMILES string of the molecule is CCC1OC(=O)[C@H](C)[C@@H](O)[C@H](C)[C@@H](O)CC[C@@H](C)C(=O)[C@H](C)[C@@H](O)[C@H]1C. The van der Waals surface area contributed by atoms with Crippen LogP contribution in [0, 0.1) is 29.6 Å². The van der Waals surface area contributed by atoms with E-state index in [9.17, 15) is 24.9 Å². The Morgan fingerprint density at radius 3 is 1.96 bits per heavy atom. The van der Waals surface area contributed by atoms with Crippen LogP contribution in [-0.2, 0) is 14.3 Å². The Labute approximate surface area is 156 Å². The monoisotopic (exact) mass is 372 g/mol. The number of rotatable bonds is 1. The van der Waals surface area contributed by atoms with E-state index in [1.54, 1.807) is 34.6 Å². The second-order valence-electron chi connectivity index (χ2n) is 8.11. The molecule has 1 aliphatic heterocycles. The third kappa shape index (κ3) is 5.27. The van der Waals surface area contributed by atoms with Crippen LogP contribution in [0.25, 0.3) is 0 Å². The standard InChI is InChI=1S/C20H36O6/c1-7-16-12(4)19(24)13(5)17(22)10(2)8-9-15(21)11(3)18(23)14(6)20(25)26-16/h10-16,18-19,21,23-24H,7-9H2,1-6H3/t10-,11-,12+,13+,14-,15+,16?,18+,19+/m1/s1. The molecular weight excluding hydrogens is 336 g/mol. The Morgan fingerprint density at radius 2 is 1.42 bits per heavy atom. The van der Waals surface area contributed by atoms with Crippen LogP contribution in [0.5, 0.6) is 0 Å². The van der Waals surface area contributed by atoms with Crippen molar-refractivity contribution in [3.8, 4) is 0 Å². The van der Waals surface area contributed by atoms with Crippen molar-refractivity contribution in [3.63, 3.8) is 0 Å². The highest BCUT2D eigenvalue weighted by atomic mass is 16.5. The lowest BCUT2D eigenvalue weighted by atomic mass is 9.80. The number of ether oxygens (including phenoxy) is 1. The lowest BCUT2D eigenvalue weighted by molar-refractivity contribution is -0.165. The van der Waals surface area contributed by atoms with Crippen LogP contribution in [0.15, 0.2) is 0 Å². The third-order valence-electron chi connectivity index (χ3n) is 6.17. The van der Waals surface area contributed by atoms with Crippen LogP contribution in [-0.4, -0.2) is 51.5 Å². The predicted octanol–water partition coefficient (Wildman–Crippen LogP) is 1.93. The second kappa shape index (κ2) is 9.81. The molecular formula is C20H36O6. The van der Waals surface area contributed by atoms with Crippen molar-refractivity contribution >= 4 is 11.8 Å². The maximum absolute atomic E-state index is 12.6. The van der Waals surface area contributed by atoms with E-state index in [4.69, 9.17) is 4.74 Å². The van der Waals surface area contributed by atoms with E-state index in [2.05, 4.69) is 0 Å². The normalized spacial score (nSPS) is 44.3. The summed E-state index contributed by atoms with van der Waals surface area (Å²) in [6.45, 7) is 10.4. The van der Waals surface area contributed by atoms with Gasteiger partial charge in [0.15, 0.2) is 0 Å². The van der Waals surface area contributed by atoms with Crippen molar-refractivity contribution in [1.29, 1.82) is 0 Å². The first-order chi connectivity index (χ1) is 12.0. The molecule has 1 fully saturated rings. The molecule has 9 atom stereocenters. The molecule has 0 spiro atoms. The largest absolute Gasteiger partial charge is 0.462 e. The van der Waals surface area contributed by atoms with Crippen LogP contribution in [0.3, 0.4) is 0 Å². The van der Waals surface area contributed by atoms with E-state index in [1.165, 1.54) is 0 Å². The number of aliphatic hydroxyl groups is 3. The van der Waals surface area contributed by atoms with Gasteiger partial charge in [0, 0.05) is 23.7 Å². The highest BCUT2D eigenvalue weighted by Crippen LogP contribution is 2.28. The number of Topliss-reactive ketones (excluding diaryl/α,β-unsaturated/α-hetero) is 1. The number of cyclic esters (lactones) is 1. The summed E-state index contributed by atoms with van der Waals surface area (Å²) in [5.41, 5.74) is 0. The van der Waals surface area contributed by atoms with Gasteiger partial charge in [0.1, 0.15) is 11.9 Å². The number of esters is 1. The molecule has 1 rings (SSSR count). The molecule has 0 bridgehead atoms. The van der Waals surface area contributed by atoms with E-state index in [0.29, 0.717) is 19.3 Å². The van der Waals surface area contributed by atoms with Crippen molar-refractivity contribution in [2.45, 2.75) is 85.2 Å². The molecule has 0 aromatic carbocycles. The summed E-state index contributed by atoms with van der Waals surface area (Å²) < 4.78 is 5.55. The molecule has 26 heavy (non-hydrogen) atoms. The Bertz CT molecular complexity index is 479. The van der Waals surface area contributed by atoms with Crippen LogP contribution in [0.2, 0.25) is 0 Å². The summed E-state index contributed by atoms with van der Waals surface area (Å²) in [6, 6.07) is 0. The molecule has 152 valence electrons. The molecule has 6 heteroatoms. The fourth-order valence-electron chi connectivity index (χ4n) is 3.76. The van der Waals surface area contributed by atoms with Crippen molar-refractivity contribution in [3.05, 3.63) is 0 Å². The number of carbonyl (C=O) groups excluding carboxylic acids is 2. The molecule has 0 saturated carbocycles. The minimum atomic E-state index is -1.04. The molecule has 0 aromatic heterocycles. The predicted molar refractivity (Wildman–Crippen MR) is 98.3 cm³/mol. The van der Waals surface area contributed by atoms with E-state index in [-0.39, 0.29) is 11.7 Å². The summed E-state index contributed by atoms with van der Waals surface area (Å²) in [5, 5.41) is 31.4. The van der Waals surface area contributed by atoms with Gasteiger partial charge in [-0.1, -0.05) is 34.6 Å². The summed E-state index contributed by atoms with van der Waals surface area (Å²) >= 11 is 0. The minimum absolute atomic E-state index is 0.0589. The van der Waals surface area contributed by atoms with Crippen LogP contribution >= 0.6 is 0 Å². The van der Waals surface area contributed by atoms with E-state index >= 15 is 0 Å². The smallest absolute Gasteiger partial charge is 0.311 e. The molecule has 0 radical (unpaired) electrons. The summed E-state index contributed by atoms with van der Waals surface area (Å²) in [5.74, 6) is -3.17. The second-order valence-corrected chi connectivity index (χ2v) is 8.11. The van der Waals surface area contributed by atoms with E-state index in [1.807, 2.05) is 6.92 Å². The van der Waals surface area contributed by atoms with Gasteiger partial charge in [-0.3, -0.25) is 9.59 Å². The van der Waals surface area contributed by atoms with Crippen LogP contribution in [0.4, 0.5) is 0 Å². The van der Waals surface area contributed by atoms with Gasteiger partial charge in [-0.05, 0) is 26.2 Å². The Hall–Kier alpha value is -0.980. The van der Waals surface area contributed by atoms with Gasteiger partial charge >= 0.3 is 5.97 Å². The van der Waals surface area contributed by atoms with Crippen LogP contribution in [0.1, 0.15) is 60.8 Å². The average Bonchev–Trinajstić information content (AvgIpc) is 2.64. The van der Waals surface area contributed by atoms with E-state index < -0.39 is 54.1 Å². The molecule has 6 nitrogen and oxygen atoms in total. The molecule has 0 amide bonds. The third-order valence-corrected chi connectivity index (χ3v) is 6.17. The van der Waals surface area contributed by atoms with Gasteiger partial charge in [-0.25, -0.2) is 0 Å². The molecule has 1 saturated heterocycles. The first kappa shape index (κ1) is 23.1. The Morgan fingerprint density at radius 1 is 0.885 bits per heavy atom. The average molecular weight is 373 g/mol. The lowest BCUT2D eigenvalue weighted by Crippen LogP contribution is -2.44. The van der Waals surface area contributed by atoms with E-state index in [0.717, 1.165) is 0 Å². The molecule has 3 N–H and O–H groups in total. The first-order valence-corrected chi connectivity index (χ1v) is 9.81. The van der Waals surface area contributed by atoms with Crippen LogP contribution < -0.4 is 0 Å². The highest BCUT2D eigenvalue weighted by molar-refractivity contribution is 5.83. The van der Waals surface area contributed by atoms with Gasteiger partial charge in [-0.15, -0.1) is 0 Å². The Kier molecular flexibility index (Phi) is 8.70. The summed E-state index contributed by atoms with van der Waals surface area (Å²) in [4.78, 5) is 25.1. The maximum Gasteiger partial charge on any atom is 0.311 e. The molecule has 1 heterocycles. The van der Waals surface area contributed by atoms with Gasteiger partial charge in [0.25, 0.3) is 0 Å². The maximum atomic E-state index is 12.6. The Balaban J connectivity index is 3.14. The molecule has 0 aromatic rings. The van der Waals surface area contributed by atoms with Crippen molar-refractivity contribution in [2.75, 3.05) is 0 Å². The van der Waals surface area contributed by atoms with Gasteiger partial charge < -0.3 is 20.1 Å². The minimum Gasteiger partial charge on any atom is -0.462 e. The fraction of sp³-hybridized carbons (Fsp3) is 0.900. The summed E-state index contributed by atoms with van der Waals surface area (Å²) in [7, 11) is 0. The topological polar surface area (TPSA) is 104 Å². The first-order valence-electron chi connectivity index (χ1n) is 9.81. The number of aliphatic hydroxyl groups excluding tert-OH is 3. The zero-order chi connectivity index (χ0) is 20.2. The van der Waals surface area contributed by atoms with Crippen molar-refractivity contribution in [2.24, 2.45) is 29.6 Å². The number of hydrogen-bond donors (Lipinski definition) is 3. The van der Waals surface area contributed by atoms with Gasteiger partial charge in [-0.2, -0.15) is 0 Å². The molecule has 1 aliphatic rings. The highest BCUT2D eigenvalue weighted by Gasteiger charge is 2.38. The van der Waals surface area contributed by atoms with Gasteiger partial charge in [0.2, 0.25) is 0 Å². The van der Waals surface area contributed by atoms with Crippen molar-refractivity contribution < 1.29 is 29.6 Å². The summed E-state index contributed by atoms with van der Waals surface area (Å²) in [6.07, 6.45) is -2.00. The zero-order valence-electron chi connectivity index (χ0n) is 16.9. The lowest BCUT2D eigenvalue weighted by Gasteiger charge is -2.34. The van der Waals surface area contributed by atoms with Gasteiger partial charge in [0.05, 0.1) is 24.2 Å². The quantitative estimate of drug-likeness (QED) is 0.608. The molecule has 0 aliphatic carbocycles. The number of hydrogen-bond acceptors (Lipinski definition) is 6.